The molecule has 2 aromatic carbocycles. The minimum atomic E-state index is 0.000601. The summed E-state index contributed by atoms with van der Waals surface area (Å²) in [5.74, 6) is 0.579. The Kier molecular flexibility index (Phi) is 3.44. The molecule has 0 aromatic heterocycles. The summed E-state index contributed by atoms with van der Waals surface area (Å²) in [4.78, 5) is 0. The number of hydrogen-bond acceptors (Lipinski definition) is 4. The molecule has 116 valence electrons. The summed E-state index contributed by atoms with van der Waals surface area (Å²) in [7, 11) is 0. The molecule has 0 bridgehead atoms. The van der Waals surface area contributed by atoms with Crippen LogP contribution >= 0.6 is 0 Å². The summed E-state index contributed by atoms with van der Waals surface area (Å²) in [6.07, 6.45) is 2.10. The molecule has 0 amide bonds. The van der Waals surface area contributed by atoms with Gasteiger partial charge in [-0.2, -0.15) is 5.26 Å². The van der Waals surface area contributed by atoms with E-state index in [2.05, 4.69) is 11.4 Å². The fraction of sp³-hybridized carbons (Fsp3) is 0.316. The van der Waals surface area contributed by atoms with Gasteiger partial charge in [0.05, 0.1) is 23.8 Å². The van der Waals surface area contributed by atoms with Crippen LogP contribution in [-0.2, 0) is 4.74 Å². The van der Waals surface area contributed by atoms with Crippen molar-refractivity contribution < 1.29 is 9.84 Å². The van der Waals surface area contributed by atoms with Crippen molar-refractivity contribution in [2.75, 3.05) is 11.9 Å². The Morgan fingerprint density at radius 3 is 2.96 bits per heavy atom. The van der Waals surface area contributed by atoms with Gasteiger partial charge in [-0.3, -0.25) is 0 Å². The van der Waals surface area contributed by atoms with E-state index in [9.17, 15) is 5.11 Å². The molecule has 0 spiro atoms. The number of phenols is 1. The first-order valence-electron chi connectivity index (χ1n) is 7.97. The summed E-state index contributed by atoms with van der Waals surface area (Å²) in [6.45, 7) is 0.754. The molecule has 0 radical (unpaired) electrons. The molecular weight excluding hydrogens is 288 g/mol. The van der Waals surface area contributed by atoms with E-state index in [1.165, 1.54) is 0 Å². The van der Waals surface area contributed by atoms with Crippen molar-refractivity contribution in [3.63, 3.8) is 0 Å². The molecule has 2 aliphatic rings. The van der Waals surface area contributed by atoms with E-state index < -0.39 is 0 Å². The number of aromatic hydroxyl groups is 1. The second-order valence-electron chi connectivity index (χ2n) is 6.23. The van der Waals surface area contributed by atoms with Crippen LogP contribution in [0.1, 0.15) is 41.7 Å². The number of benzene rings is 2. The summed E-state index contributed by atoms with van der Waals surface area (Å²) in [6, 6.07) is 15.4. The Morgan fingerprint density at radius 2 is 2.13 bits per heavy atom. The van der Waals surface area contributed by atoms with Crippen LogP contribution in [0.25, 0.3) is 0 Å². The Morgan fingerprint density at radius 1 is 1.22 bits per heavy atom. The molecule has 3 atom stereocenters. The molecule has 0 saturated carbocycles. The van der Waals surface area contributed by atoms with Crippen molar-refractivity contribution in [2.45, 2.75) is 25.0 Å². The van der Waals surface area contributed by atoms with Crippen LogP contribution in [0.3, 0.4) is 0 Å². The molecule has 4 heteroatoms. The van der Waals surface area contributed by atoms with Crippen LogP contribution in [0, 0.1) is 17.2 Å². The van der Waals surface area contributed by atoms with Gasteiger partial charge in [0.15, 0.2) is 0 Å². The molecule has 4 nitrogen and oxygen atoms in total. The highest BCUT2D eigenvalue weighted by Crippen LogP contribution is 2.49. The molecule has 0 aliphatic carbocycles. The van der Waals surface area contributed by atoms with Gasteiger partial charge in [-0.05, 0) is 48.7 Å². The minimum absolute atomic E-state index is 0.000601. The SMILES string of the molecule is N#Cc1ccc2c(c1)C1OCCCC1C(c1cccc(O)c1)N2. The van der Waals surface area contributed by atoms with E-state index in [4.69, 9.17) is 10.00 Å². The van der Waals surface area contributed by atoms with E-state index in [1.807, 2.05) is 36.4 Å². The number of nitrogens with zero attached hydrogens (tertiary/aromatic N) is 1. The quantitative estimate of drug-likeness (QED) is 0.838. The first-order valence-corrected chi connectivity index (χ1v) is 7.97. The average molecular weight is 306 g/mol. The first-order chi connectivity index (χ1) is 11.3. The van der Waals surface area contributed by atoms with Gasteiger partial charge in [0, 0.05) is 23.8 Å². The highest BCUT2D eigenvalue weighted by Gasteiger charge is 2.39. The zero-order chi connectivity index (χ0) is 15.8. The van der Waals surface area contributed by atoms with Crippen LogP contribution in [0.4, 0.5) is 5.69 Å². The molecule has 1 saturated heterocycles. The summed E-state index contributed by atoms with van der Waals surface area (Å²) in [5, 5.41) is 22.6. The van der Waals surface area contributed by atoms with Crippen molar-refractivity contribution in [2.24, 2.45) is 5.92 Å². The standard InChI is InChI=1S/C19H18N2O2/c20-11-12-6-7-17-16(9-12)19-15(5-2-8-23-19)18(21-17)13-3-1-4-14(22)10-13/h1,3-4,6-7,9-10,15,18-19,21-22H,2,5,8H2. The van der Waals surface area contributed by atoms with Gasteiger partial charge in [-0.1, -0.05) is 12.1 Å². The number of rotatable bonds is 1. The fourth-order valence-electron chi connectivity index (χ4n) is 3.79. The lowest BCUT2D eigenvalue weighted by Crippen LogP contribution is -2.36. The molecule has 23 heavy (non-hydrogen) atoms. The second kappa shape index (κ2) is 5.60. The van der Waals surface area contributed by atoms with Crippen molar-refractivity contribution in [3.8, 4) is 11.8 Å². The van der Waals surface area contributed by atoms with Gasteiger partial charge in [0.2, 0.25) is 0 Å². The van der Waals surface area contributed by atoms with Crippen LogP contribution in [0.5, 0.6) is 5.75 Å². The average Bonchev–Trinajstić information content (AvgIpc) is 2.60. The van der Waals surface area contributed by atoms with Gasteiger partial charge in [0.1, 0.15) is 5.75 Å². The van der Waals surface area contributed by atoms with Crippen molar-refractivity contribution in [1.29, 1.82) is 5.26 Å². The Hall–Kier alpha value is -2.51. The van der Waals surface area contributed by atoms with Gasteiger partial charge < -0.3 is 15.2 Å². The largest absolute Gasteiger partial charge is 0.508 e. The third-order valence-electron chi connectivity index (χ3n) is 4.82. The minimum Gasteiger partial charge on any atom is -0.508 e. The van der Waals surface area contributed by atoms with E-state index in [-0.39, 0.29) is 17.9 Å². The lowest BCUT2D eigenvalue weighted by atomic mass is 9.77. The van der Waals surface area contributed by atoms with E-state index >= 15 is 0 Å². The lowest BCUT2D eigenvalue weighted by Gasteiger charge is -2.43. The molecule has 2 N–H and O–H groups in total. The van der Waals surface area contributed by atoms with Gasteiger partial charge in [0.25, 0.3) is 0 Å². The number of phenolic OH excluding ortho intramolecular Hbond substituents is 1. The van der Waals surface area contributed by atoms with E-state index in [0.717, 1.165) is 36.3 Å². The molecule has 3 unspecified atom stereocenters. The molecule has 2 aliphatic heterocycles. The maximum absolute atomic E-state index is 9.81. The predicted molar refractivity (Wildman–Crippen MR) is 87.0 cm³/mol. The molecular formula is C19H18N2O2. The maximum Gasteiger partial charge on any atom is 0.115 e. The second-order valence-corrected chi connectivity index (χ2v) is 6.23. The number of fused-ring (bicyclic) bond motifs is 3. The zero-order valence-electron chi connectivity index (χ0n) is 12.7. The molecule has 2 heterocycles. The summed E-state index contributed by atoms with van der Waals surface area (Å²) in [5.41, 5.74) is 3.82. The van der Waals surface area contributed by atoms with Crippen LogP contribution < -0.4 is 5.32 Å². The van der Waals surface area contributed by atoms with Gasteiger partial charge in [-0.15, -0.1) is 0 Å². The van der Waals surface area contributed by atoms with Crippen LogP contribution in [0.15, 0.2) is 42.5 Å². The van der Waals surface area contributed by atoms with E-state index in [1.54, 1.807) is 6.07 Å². The third kappa shape index (κ3) is 2.43. The van der Waals surface area contributed by atoms with Crippen molar-refractivity contribution >= 4 is 5.69 Å². The van der Waals surface area contributed by atoms with Crippen LogP contribution in [-0.4, -0.2) is 11.7 Å². The Labute approximate surface area is 135 Å². The number of anilines is 1. The number of ether oxygens (including phenoxy) is 1. The molecule has 2 aromatic rings. The van der Waals surface area contributed by atoms with Gasteiger partial charge in [-0.25, -0.2) is 0 Å². The normalized spacial score (nSPS) is 25.6. The van der Waals surface area contributed by atoms with Crippen molar-refractivity contribution in [1.82, 2.24) is 0 Å². The molecule has 4 rings (SSSR count). The lowest BCUT2D eigenvalue weighted by molar-refractivity contribution is -0.0381. The highest BCUT2D eigenvalue weighted by atomic mass is 16.5. The van der Waals surface area contributed by atoms with E-state index in [0.29, 0.717) is 11.5 Å². The predicted octanol–water partition coefficient (Wildman–Crippen LogP) is 3.90. The number of nitriles is 1. The number of hydrogen-bond donors (Lipinski definition) is 2. The van der Waals surface area contributed by atoms with Crippen molar-refractivity contribution in [3.05, 3.63) is 59.2 Å². The summed E-state index contributed by atoms with van der Waals surface area (Å²) >= 11 is 0. The maximum atomic E-state index is 9.81. The third-order valence-corrected chi connectivity index (χ3v) is 4.82. The highest BCUT2D eigenvalue weighted by molar-refractivity contribution is 5.59. The first kappa shape index (κ1) is 14.1. The Bertz CT molecular complexity index is 781. The monoisotopic (exact) mass is 306 g/mol. The summed E-state index contributed by atoms with van der Waals surface area (Å²) < 4.78 is 6.08. The number of nitrogens with one attached hydrogen (secondary N) is 1. The molecule has 1 fully saturated rings. The fourth-order valence-corrected chi connectivity index (χ4v) is 3.79. The topological polar surface area (TPSA) is 65.3 Å². The van der Waals surface area contributed by atoms with Crippen LogP contribution in [0.2, 0.25) is 0 Å². The zero-order valence-corrected chi connectivity index (χ0v) is 12.7. The van der Waals surface area contributed by atoms with Gasteiger partial charge >= 0.3 is 0 Å². The smallest absolute Gasteiger partial charge is 0.115 e. The Balaban J connectivity index is 1.79.